The first-order valence-corrected chi connectivity index (χ1v) is 34.4. The molecule has 17 atom stereocenters. The monoisotopic (exact) mass is 1240 g/mol. The van der Waals surface area contributed by atoms with E-state index >= 15 is 0 Å². The second-order valence-electron chi connectivity index (χ2n) is 24.6. The van der Waals surface area contributed by atoms with Crippen molar-refractivity contribution in [3.63, 3.8) is 0 Å². The van der Waals surface area contributed by atoms with Crippen LogP contribution in [-0.4, -0.2) is 193 Å². The van der Waals surface area contributed by atoms with Gasteiger partial charge in [0.15, 0.2) is 18.9 Å². The molecule has 0 aromatic rings. The van der Waals surface area contributed by atoms with Crippen molar-refractivity contribution >= 4 is 5.91 Å². The van der Waals surface area contributed by atoms with E-state index < -0.39 is 124 Å². The minimum Gasteiger partial charge on any atom is -0.394 e. The fourth-order valence-corrected chi connectivity index (χ4v) is 11.5. The Morgan fingerprint density at radius 1 is 0.414 bits per heavy atom. The number of unbranched alkanes of at least 4 members (excludes halogenated alkanes) is 30. The summed E-state index contributed by atoms with van der Waals surface area (Å²) in [6.07, 6.45) is 32.6. The highest BCUT2D eigenvalue weighted by molar-refractivity contribution is 5.76. The molecule has 3 saturated heterocycles. The lowest BCUT2D eigenvalue weighted by molar-refractivity contribution is -0.379. The molecule has 0 radical (unpaired) electrons. The number of rotatable bonds is 52. The maximum atomic E-state index is 13.3. The van der Waals surface area contributed by atoms with Crippen LogP contribution in [0.4, 0.5) is 0 Å². The average molecular weight is 1240 g/mol. The molecule has 1 amide bonds. The molecule has 17 unspecified atom stereocenters. The number of hydrogen-bond donors (Lipinski definition) is 12. The summed E-state index contributed by atoms with van der Waals surface area (Å²) >= 11 is 0. The van der Waals surface area contributed by atoms with Crippen LogP contribution in [0.2, 0.25) is 0 Å². The fraction of sp³-hybridized carbons (Fsp3) is 0.868. The number of carbonyl (C=O) groups excluding carboxylic acids is 1. The molecular formula is C68H123NO18. The summed E-state index contributed by atoms with van der Waals surface area (Å²) in [5, 5.41) is 120. The smallest absolute Gasteiger partial charge is 0.220 e. The van der Waals surface area contributed by atoms with Crippen molar-refractivity contribution in [2.45, 2.75) is 349 Å². The van der Waals surface area contributed by atoms with Crippen LogP contribution in [-0.2, 0) is 33.2 Å². The zero-order chi connectivity index (χ0) is 63.3. The van der Waals surface area contributed by atoms with E-state index in [1.807, 2.05) is 6.08 Å². The number of aliphatic hydroxyl groups excluding tert-OH is 11. The Bertz CT molecular complexity index is 1770. The van der Waals surface area contributed by atoms with Gasteiger partial charge in [0, 0.05) is 6.42 Å². The van der Waals surface area contributed by atoms with Crippen molar-refractivity contribution in [1.82, 2.24) is 5.32 Å². The highest BCUT2D eigenvalue weighted by Crippen LogP contribution is 2.33. The first-order chi connectivity index (χ1) is 42.3. The van der Waals surface area contributed by atoms with E-state index in [1.54, 1.807) is 6.08 Å². The maximum absolute atomic E-state index is 13.3. The minimum absolute atomic E-state index is 0.218. The molecule has 87 heavy (non-hydrogen) atoms. The van der Waals surface area contributed by atoms with Crippen LogP contribution in [0.15, 0.2) is 48.6 Å². The van der Waals surface area contributed by atoms with Gasteiger partial charge >= 0.3 is 0 Å². The number of ether oxygens (including phenoxy) is 6. The van der Waals surface area contributed by atoms with Gasteiger partial charge in [-0.15, -0.1) is 0 Å². The summed E-state index contributed by atoms with van der Waals surface area (Å²) in [5.41, 5.74) is 0. The first-order valence-electron chi connectivity index (χ1n) is 34.4. The number of carbonyl (C=O) groups is 1. The lowest BCUT2D eigenvalue weighted by Gasteiger charge is -2.48. The Morgan fingerprint density at radius 3 is 1.26 bits per heavy atom. The predicted molar refractivity (Wildman–Crippen MR) is 337 cm³/mol. The molecule has 19 nitrogen and oxygen atoms in total. The molecular weight excluding hydrogens is 1120 g/mol. The van der Waals surface area contributed by atoms with Gasteiger partial charge in [0.2, 0.25) is 5.91 Å². The third-order valence-corrected chi connectivity index (χ3v) is 17.1. The van der Waals surface area contributed by atoms with Crippen LogP contribution in [0.3, 0.4) is 0 Å². The molecule has 0 spiro atoms. The molecule has 3 heterocycles. The van der Waals surface area contributed by atoms with Gasteiger partial charge in [-0.25, -0.2) is 0 Å². The van der Waals surface area contributed by atoms with Crippen molar-refractivity contribution in [3.8, 4) is 0 Å². The van der Waals surface area contributed by atoms with Gasteiger partial charge < -0.3 is 89.9 Å². The number of nitrogens with one attached hydrogen (secondary N) is 1. The summed E-state index contributed by atoms with van der Waals surface area (Å²) in [4.78, 5) is 13.3. The lowest BCUT2D eigenvalue weighted by Crippen LogP contribution is -2.66. The largest absolute Gasteiger partial charge is 0.394 e. The third-order valence-electron chi connectivity index (χ3n) is 17.1. The summed E-state index contributed by atoms with van der Waals surface area (Å²) in [6, 6.07) is -0.998. The molecule has 3 aliphatic rings. The van der Waals surface area contributed by atoms with Gasteiger partial charge in [0.25, 0.3) is 0 Å². The van der Waals surface area contributed by atoms with Crippen molar-refractivity contribution in [2.24, 2.45) is 0 Å². The van der Waals surface area contributed by atoms with E-state index in [1.165, 1.54) is 141 Å². The number of hydrogen-bond acceptors (Lipinski definition) is 18. The van der Waals surface area contributed by atoms with Crippen LogP contribution in [0, 0.1) is 0 Å². The normalized spacial score (nSPS) is 28.9. The summed E-state index contributed by atoms with van der Waals surface area (Å²) < 4.78 is 34.3. The second-order valence-corrected chi connectivity index (χ2v) is 24.6. The summed E-state index contributed by atoms with van der Waals surface area (Å²) in [7, 11) is 0. The van der Waals surface area contributed by atoms with E-state index in [9.17, 15) is 61.0 Å². The number of allylic oxidation sites excluding steroid dienone is 7. The molecule has 0 aromatic carbocycles. The van der Waals surface area contributed by atoms with Gasteiger partial charge in [0.05, 0.1) is 38.6 Å². The molecule has 12 N–H and O–H groups in total. The molecule has 508 valence electrons. The Labute approximate surface area is 523 Å². The second kappa shape index (κ2) is 50.3. The van der Waals surface area contributed by atoms with Crippen LogP contribution in [0.25, 0.3) is 0 Å². The van der Waals surface area contributed by atoms with E-state index in [-0.39, 0.29) is 18.9 Å². The van der Waals surface area contributed by atoms with Crippen molar-refractivity contribution < 1.29 is 89.4 Å². The first kappa shape index (κ1) is 79.0. The standard InChI is InChI=1S/C68H123NO18/c1-3-5-7-9-11-13-15-17-18-19-20-21-22-23-24-25-26-27-28-29-30-31-32-34-35-37-39-41-43-45-52(73)51(69-56(74)46-44-42-40-38-36-33-16-14-12-10-8-6-4-2)50-82-66-62(80)59(77)64(54(48-71)84-66)87-68-63(81)60(78)65(55(49-72)85-68)86-67-61(79)58(76)57(75)53(47-70)83-67/h8,10,14,16,35,37,43,45,51-55,57-68,70-73,75-81H,3-7,9,11-13,15,17-34,36,38-42,44,46-50H2,1-2H3,(H,69,74)/b10-8-,16-14-,37-35+,45-43+. The van der Waals surface area contributed by atoms with Crippen molar-refractivity contribution in [2.75, 3.05) is 26.4 Å². The van der Waals surface area contributed by atoms with Gasteiger partial charge in [-0.05, 0) is 57.8 Å². The minimum atomic E-state index is -1.98. The summed E-state index contributed by atoms with van der Waals surface area (Å²) in [5.74, 6) is -0.300. The molecule has 0 aromatic heterocycles. The molecule has 0 bridgehead atoms. The van der Waals surface area contributed by atoms with Gasteiger partial charge in [0.1, 0.15) is 73.2 Å². The molecule has 0 aliphatic carbocycles. The highest BCUT2D eigenvalue weighted by atomic mass is 16.8. The zero-order valence-electron chi connectivity index (χ0n) is 53.5. The molecule has 19 heteroatoms. The van der Waals surface area contributed by atoms with Crippen LogP contribution >= 0.6 is 0 Å². The topological polar surface area (TPSA) is 307 Å². The van der Waals surface area contributed by atoms with E-state index in [0.717, 1.165) is 70.6 Å². The lowest BCUT2D eigenvalue weighted by atomic mass is 9.96. The molecule has 3 fully saturated rings. The third kappa shape index (κ3) is 32.7. The predicted octanol–water partition coefficient (Wildman–Crippen LogP) is 8.61. The Kier molecular flexibility index (Phi) is 45.7. The maximum Gasteiger partial charge on any atom is 0.220 e. The number of aliphatic hydroxyl groups is 11. The SMILES string of the molecule is CCC/C=C\C/C=C\CCCCCCCC(=O)NC(COC1OC(CO)C(OC2OC(CO)C(OC3OC(CO)C(O)C(O)C3O)C(O)C2O)C(O)C1O)C(O)/C=C/CC/C=C/CCCCCCCCCCCCCCCCCCCCCCCCC. The van der Waals surface area contributed by atoms with Gasteiger partial charge in [-0.2, -0.15) is 0 Å². The summed E-state index contributed by atoms with van der Waals surface area (Å²) in [6.45, 7) is 1.64. The highest BCUT2D eigenvalue weighted by Gasteiger charge is 2.53. The van der Waals surface area contributed by atoms with Crippen LogP contribution < -0.4 is 5.32 Å². The quantitative estimate of drug-likeness (QED) is 0.0200. The Hall–Kier alpha value is -2.25. The van der Waals surface area contributed by atoms with Gasteiger partial charge in [-0.3, -0.25) is 4.79 Å². The van der Waals surface area contributed by atoms with Crippen molar-refractivity contribution in [1.29, 1.82) is 0 Å². The van der Waals surface area contributed by atoms with Gasteiger partial charge in [-0.1, -0.05) is 229 Å². The average Bonchev–Trinajstić information content (AvgIpc) is 2.79. The Balaban J connectivity index is 1.42. The Morgan fingerprint density at radius 2 is 0.793 bits per heavy atom. The fourth-order valence-electron chi connectivity index (χ4n) is 11.5. The van der Waals surface area contributed by atoms with E-state index in [4.69, 9.17) is 28.4 Å². The number of amides is 1. The zero-order valence-corrected chi connectivity index (χ0v) is 53.5. The molecule has 3 rings (SSSR count). The van der Waals surface area contributed by atoms with E-state index in [0.29, 0.717) is 12.8 Å². The molecule has 3 aliphatic heterocycles. The van der Waals surface area contributed by atoms with Crippen molar-refractivity contribution in [3.05, 3.63) is 48.6 Å². The van der Waals surface area contributed by atoms with E-state index in [2.05, 4.69) is 55.6 Å². The van der Waals surface area contributed by atoms with Crippen LogP contribution in [0.5, 0.6) is 0 Å². The molecule has 0 saturated carbocycles. The van der Waals surface area contributed by atoms with Crippen LogP contribution in [0.1, 0.15) is 245 Å².